The first kappa shape index (κ1) is 17.6. The summed E-state index contributed by atoms with van der Waals surface area (Å²) in [6.07, 6.45) is 7.98. The Hall–Kier alpha value is -2.18. The summed E-state index contributed by atoms with van der Waals surface area (Å²) in [4.78, 5) is 19.1. The van der Waals surface area contributed by atoms with E-state index in [4.69, 9.17) is 4.52 Å². The van der Waals surface area contributed by atoms with Crippen LogP contribution in [0.2, 0.25) is 0 Å². The van der Waals surface area contributed by atoms with Gasteiger partial charge < -0.3 is 9.42 Å². The fraction of sp³-hybridized carbons (Fsp3) is 0.667. The topological polar surface area (TPSA) is 77.0 Å². The van der Waals surface area contributed by atoms with Crippen molar-refractivity contribution in [2.24, 2.45) is 7.05 Å². The Balaban J connectivity index is 1.56. The van der Waals surface area contributed by atoms with Crippen LogP contribution in [0.15, 0.2) is 16.9 Å². The van der Waals surface area contributed by atoms with Gasteiger partial charge in [0.2, 0.25) is 11.8 Å². The van der Waals surface area contributed by atoms with Gasteiger partial charge in [-0.3, -0.25) is 9.48 Å². The second kappa shape index (κ2) is 7.80. The number of carbonyl (C=O) groups is 1. The standard InChI is InChI=1S/C18H27N5O2/c1-4-13(2)17-20-18(25-21-17)15-6-5-9-23(12-15)16(24)8-7-14-10-19-22(3)11-14/h10-11,13,15H,4-9,12H2,1-3H3/t13-,15-/m1/s1. The van der Waals surface area contributed by atoms with Crippen LogP contribution in [-0.4, -0.2) is 43.8 Å². The SMILES string of the molecule is CC[C@@H](C)c1noc([C@@H]2CCCN(C(=O)CCc3cnn(C)c3)C2)n1. The fourth-order valence-electron chi connectivity index (χ4n) is 3.21. The van der Waals surface area contributed by atoms with Crippen LogP contribution in [0.1, 0.15) is 68.6 Å². The predicted octanol–water partition coefficient (Wildman–Crippen LogP) is 2.66. The molecule has 7 heteroatoms. The van der Waals surface area contributed by atoms with Gasteiger partial charge >= 0.3 is 0 Å². The minimum absolute atomic E-state index is 0.154. The summed E-state index contributed by atoms with van der Waals surface area (Å²) in [5.41, 5.74) is 1.10. The molecular formula is C18H27N5O2. The zero-order valence-electron chi connectivity index (χ0n) is 15.3. The molecule has 1 aliphatic rings. The largest absolute Gasteiger partial charge is 0.342 e. The third-order valence-electron chi connectivity index (χ3n) is 5.02. The van der Waals surface area contributed by atoms with Gasteiger partial charge in [0.1, 0.15) is 0 Å². The first-order valence-corrected chi connectivity index (χ1v) is 9.15. The Morgan fingerprint density at radius 3 is 3.04 bits per heavy atom. The van der Waals surface area contributed by atoms with Crippen molar-refractivity contribution < 1.29 is 9.32 Å². The molecule has 2 aromatic heterocycles. The molecule has 0 aliphatic carbocycles. The quantitative estimate of drug-likeness (QED) is 0.804. The number of hydrogen-bond donors (Lipinski definition) is 0. The molecule has 0 saturated carbocycles. The number of nitrogens with zero attached hydrogens (tertiary/aromatic N) is 5. The maximum atomic E-state index is 12.5. The van der Waals surface area contributed by atoms with Gasteiger partial charge in [0, 0.05) is 38.7 Å². The van der Waals surface area contributed by atoms with Crippen molar-refractivity contribution in [3.63, 3.8) is 0 Å². The lowest BCUT2D eigenvalue weighted by molar-refractivity contribution is -0.132. The van der Waals surface area contributed by atoms with Crippen molar-refractivity contribution >= 4 is 5.91 Å². The minimum atomic E-state index is 0.154. The highest BCUT2D eigenvalue weighted by molar-refractivity contribution is 5.76. The molecule has 2 atom stereocenters. The van der Waals surface area contributed by atoms with Crippen LogP contribution in [0, 0.1) is 0 Å². The summed E-state index contributed by atoms with van der Waals surface area (Å²) in [5, 5.41) is 8.26. The highest BCUT2D eigenvalue weighted by Crippen LogP contribution is 2.27. The average Bonchev–Trinajstić information content (AvgIpc) is 3.28. The van der Waals surface area contributed by atoms with Crippen molar-refractivity contribution in [3.8, 4) is 0 Å². The molecule has 2 aromatic rings. The van der Waals surface area contributed by atoms with Crippen LogP contribution in [0.25, 0.3) is 0 Å². The molecule has 0 spiro atoms. The first-order chi connectivity index (χ1) is 12.1. The third kappa shape index (κ3) is 4.27. The van der Waals surface area contributed by atoms with Crippen LogP contribution in [0.3, 0.4) is 0 Å². The lowest BCUT2D eigenvalue weighted by atomic mass is 9.97. The second-order valence-corrected chi connectivity index (χ2v) is 7.00. The highest BCUT2D eigenvalue weighted by Gasteiger charge is 2.28. The zero-order chi connectivity index (χ0) is 17.8. The number of carbonyl (C=O) groups excluding carboxylic acids is 1. The molecule has 1 fully saturated rings. The summed E-state index contributed by atoms with van der Waals surface area (Å²) in [7, 11) is 1.89. The fourth-order valence-corrected chi connectivity index (χ4v) is 3.21. The number of amides is 1. The minimum Gasteiger partial charge on any atom is -0.342 e. The Morgan fingerprint density at radius 2 is 2.32 bits per heavy atom. The van der Waals surface area contributed by atoms with Crippen molar-refractivity contribution in [1.82, 2.24) is 24.8 Å². The van der Waals surface area contributed by atoms with E-state index >= 15 is 0 Å². The maximum Gasteiger partial charge on any atom is 0.231 e. The number of rotatable bonds is 6. The van der Waals surface area contributed by atoms with Crippen LogP contribution >= 0.6 is 0 Å². The van der Waals surface area contributed by atoms with Crippen LogP contribution < -0.4 is 0 Å². The van der Waals surface area contributed by atoms with Gasteiger partial charge in [-0.2, -0.15) is 10.1 Å². The Morgan fingerprint density at radius 1 is 1.48 bits per heavy atom. The van der Waals surface area contributed by atoms with E-state index in [-0.39, 0.29) is 11.8 Å². The van der Waals surface area contributed by atoms with E-state index in [0.29, 0.717) is 24.8 Å². The number of aryl methyl sites for hydroxylation is 2. The Bertz CT molecular complexity index is 708. The zero-order valence-corrected chi connectivity index (χ0v) is 15.3. The van der Waals surface area contributed by atoms with Crippen molar-refractivity contribution in [2.75, 3.05) is 13.1 Å². The molecule has 1 saturated heterocycles. The molecular weight excluding hydrogens is 318 g/mol. The maximum absolute atomic E-state index is 12.5. The molecule has 0 N–H and O–H groups in total. The number of hydrogen-bond acceptors (Lipinski definition) is 5. The summed E-state index contributed by atoms with van der Waals surface area (Å²) in [6.45, 7) is 5.70. The monoisotopic (exact) mass is 345 g/mol. The molecule has 3 heterocycles. The van der Waals surface area contributed by atoms with E-state index in [1.807, 2.05) is 24.3 Å². The number of aromatic nitrogens is 4. The van der Waals surface area contributed by atoms with Gasteiger partial charge in [-0.05, 0) is 31.2 Å². The van der Waals surface area contributed by atoms with E-state index in [0.717, 1.165) is 43.6 Å². The molecule has 1 amide bonds. The summed E-state index contributed by atoms with van der Waals surface area (Å²) in [5.74, 6) is 2.10. The van der Waals surface area contributed by atoms with Gasteiger partial charge in [0.25, 0.3) is 0 Å². The van der Waals surface area contributed by atoms with Crippen molar-refractivity contribution in [3.05, 3.63) is 29.7 Å². The molecule has 7 nitrogen and oxygen atoms in total. The van der Waals surface area contributed by atoms with E-state index < -0.39 is 0 Å². The van der Waals surface area contributed by atoms with E-state index in [9.17, 15) is 4.79 Å². The van der Waals surface area contributed by atoms with Gasteiger partial charge in [-0.1, -0.05) is 19.0 Å². The summed E-state index contributed by atoms with van der Waals surface area (Å²) in [6, 6.07) is 0. The normalized spacial score (nSPS) is 19.2. The molecule has 0 bridgehead atoms. The first-order valence-electron chi connectivity index (χ1n) is 9.15. The molecule has 0 radical (unpaired) electrons. The third-order valence-corrected chi connectivity index (χ3v) is 5.02. The van der Waals surface area contributed by atoms with Crippen LogP contribution in [0.4, 0.5) is 0 Å². The number of likely N-dealkylation sites (tertiary alicyclic amines) is 1. The van der Waals surface area contributed by atoms with E-state index in [2.05, 4.69) is 29.1 Å². The van der Waals surface area contributed by atoms with E-state index in [1.54, 1.807) is 4.68 Å². The van der Waals surface area contributed by atoms with Gasteiger partial charge in [0.05, 0.1) is 12.1 Å². The van der Waals surface area contributed by atoms with Crippen LogP contribution in [-0.2, 0) is 18.3 Å². The van der Waals surface area contributed by atoms with Crippen molar-refractivity contribution in [2.45, 2.75) is 57.8 Å². The molecule has 1 aliphatic heterocycles. The van der Waals surface area contributed by atoms with Crippen LogP contribution in [0.5, 0.6) is 0 Å². The highest BCUT2D eigenvalue weighted by atomic mass is 16.5. The van der Waals surface area contributed by atoms with Gasteiger partial charge in [0.15, 0.2) is 5.82 Å². The van der Waals surface area contributed by atoms with Gasteiger partial charge in [-0.15, -0.1) is 0 Å². The number of piperidine rings is 1. The second-order valence-electron chi connectivity index (χ2n) is 7.00. The predicted molar refractivity (Wildman–Crippen MR) is 93.1 cm³/mol. The smallest absolute Gasteiger partial charge is 0.231 e. The van der Waals surface area contributed by atoms with E-state index in [1.165, 1.54) is 0 Å². The Kier molecular flexibility index (Phi) is 5.50. The molecule has 0 unspecified atom stereocenters. The Labute approximate surface area is 148 Å². The summed E-state index contributed by atoms with van der Waals surface area (Å²) >= 11 is 0. The molecule has 25 heavy (non-hydrogen) atoms. The molecule has 3 rings (SSSR count). The van der Waals surface area contributed by atoms with Gasteiger partial charge in [-0.25, -0.2) is 0 Å². The lowest BCUT2D eigenvalue weighted by Crippen LogP contribution is -2.39. The summed E-state index contributed by atoms with van der Waals surface area (Å²) < 4.78 is 7.24. The van der Waals surface area contributed by atoms with Crippen molar-refractivity contribution in [1.29, 1.82) is 0 Å². The molecule has 0 aromatic carbocycles. The average molecular weight is 345 g/mol. The lowest BCUT2D eigenvalue weighted by Gasteiger charge is -2.31. The molecule has 136 valence electrons.